The lowest BCUT2D eigenvalue weighted by atomic mass is 10.1. The summed E-state index contributed by atoms with van der Waals surface area (Å²) in [6.45, 7) is 0.962. The van der Waals surface area contributed by atoms with E-state index in [4.69, 9.17) is 10.8 Å². The summed E-state index contributed by atoms with van der Waals surface area (Å²) in [4.78, 5) is 24.8. The van der Waals surface area contributed by atoms with Crippen LogP contribution in [-0.2, 0) is 17.9 Å². The van der Waals surface area contributed by atoms with Crippen molar-refractivity contribution in [1.29, 1.82) is 0 Å². The van der Waals surface area contributed by atoms with Crippen LogP contribution in [0.25, 0.3) is 0 Å². The number of amides is 1. The summed E-state index contributed by atoms with van der Waals surface area (Å²) >= 11 is 1.67. The Morgan fingerprint density at radius 2 is 2.10 bits per heavy atom. The molecule has 1 aromatic carbocycles. The molecule has 0 saturated carbocycles. The van der Waals surface area contributed by atoms with E-state index < -0.39 is 12.0 Å². The van der Waals surface area contributed by atoms with E-state index >= 15 is 0 Å². The molecule has 1 aliphatic rings. The van der Waals surface area contributed by atoms with Gasteiger partial charge >= 0.3 is 5.97 Å². The van der Waals surface area contributed by atoms with Crippen LogP contribution in [0.3, 0.4) is 0 Å². The smallest absolute Gasteiger partial charge is 0.335 e. The number of carboxylic acid groups (broad SMARTS) is 1. The Kier molecular flexibility index (Phi) is 4.67. The standard InChI is InChI=1S/C14H18N2O3S/c1-20-5-4-12(15)13(17)16-7-10-3-2-9(14(18)19)6-11(10)8-16/h2-3,6,12H,4-5,7-8,15H2,1H3,(H,18,19)/t12-/m1/s1. The topological polar surface area (TPSA) is 83.6 Å². The molecule has 1 aromatic rings. The highest BCUT2D eigenvalue weighted by atomic mass is 32.2. The van der Waals surface area contributed by atoms with Gasteiger partial charge in [-0.15, -0.1) is 0 Å². The minimum absolute atomic E-state index is 0.0628. The molecule has 0 unspecified atom stereocenters. The van der Waals surface area contributed by atoms with E-state index in [0.717, 1.165) is 16.9 Å². The Bertz CT molecular complexity index is 533. The molecule has 1 aliphatic heterocycles. The molecule has 0 aliphatic carbocycles. The molecule has 0 bridgehead atoms. The SMILES string of the molecule is CSCC[C@@H](N)C(=O)N1Cc2ccc(C(=O)O)cc2C1. The third-order valence-electron chi connectivity index (χ3n) is 3.44. The van der Waals surface area contributed by atoms with Gasteiger partial charge < -0.3 is 15.7 Å². The van der Waals surface area contributed by atoms with E-state index in [0.29, 0.717) is 19.5 Å². The van der Waals surface area contributed by atoms with Crippen LogP contribution in [0.2, 0.25) is 0 Å². The normalized spacial score (nSPS) is 15.0. The van der Waals surface area contributed by atoms with Crippen molar-refractivity contribution < 1.29 is 14.7 Å². The van der Waals surface area contributed by atoms with Gasteiger partial charge in [-0.1, -0.05) is 6.07 Å². The predicted molar refractivity (Wildman–Crippen MR) is 78.6 cm³/mol. The van der Waals surface area contributed by atoms with Gasteiger partial charge in [0.15, 0.2) is 0 Å². The van der Waals surface area contributed by atoms with Crippen molar-refractivity contribution in [1.82, 2.24) is 4.90 Å². The largest absolute Gasteiger partial charge is 0.478 e. The molecule has 1 heterocycles. The maximum Gasteiger partial charge on any atom is 0.335 e. The summed E-state index contributed by atoms with van der Waals surface area (Å²) in [5.74, 6) is -0.155. The maximum absolute atomic E-state index is 12.2. The average molecular weight is 294 g/mol. The molecule has 3 N–H and O–H groups in total. The molecule has 0 radical (unpaired) electrons. The number of nitrogens with two attached hydrogens (primary N) is 1. The van der Waals surface area contributed by atoms with E-state index in [1.165, 1.54) is 0 Å². The van der Waals surface area contributed by atoms with E-state index in [2.05, 4.69) is 0 Å². The van der Waals surface area contributed by atoms with Gasteiger partial charge in [0.2, 0.25) is 5.91 Å². The summed E-state index contributed by atoms with van der Waals surface area (Å²) in [6, 6.07) is 4.51. The van der Waals surface area contributed by atoms with Gasteiger partial charge in [-0.3, -0.25) is 4.79 Å². The fourth-order valence-corrected chi connectivity index (χ4v) is 2.78. The molecule has 2 rings (SSSR count). The average Bonchev–Trinajstić information content (AvgIpc) is 2.86. The number of fused-ring (bicyclic) bond motifs is 1. The number of carbonyl (C=O) groups is 2. The van der Waals surface area contributed by atoms with Crippen LogP contribution >= 0.6 is 11.8 Å². The molecule has 0 fully saturated rings. The van der Waals surface area contributed by atoms with Crippen molar-refractivity contribution in [3.63, 3.8) is 0 Å². The molecule has 0 saturated heterocycles. The van der Waals surface area contributed by atoms with Crippen LogP contribution < -0.4 is 5.73 Å². The first-order chi connectivity index (χ1) is 9.52. The van der Waals surface area contributed by atoms with Crippen molar-refractivity contribution in [3.8, 4) is 0 Å². The first-order valence-electron chi connectivity index (χ1n) is 6.41. The van der Waals surface area contributed by atoms with Crippen molar-refractivity contribution >= 4 is 23.6 Å². The van der Waals surface area contributed by atoms with Crippen molar-refractivity contribution in [2.24, 2.45) is 5.73 Å². The Labute approximate surface area is 122 Å². The molecule has 1 amide bonds. The van der Waals surface area contributed by atoms with Crippen LogP contribution in [0.15, 0.2) is 18.2 Å². The number of hydrogen-bond acceptors (Lipinski definition) is 4. The summed E-state index contributed by atoms with van der Waals surface area (Å²) in [7, 11) is 0. The van der Waals surface area contributed by atoms with Gasteiger partial charge in [-0.2, -0.15) is 11.8 Å². The number of aromatic carboxylic acids is 1. The highest BCUT2D eigenvalue weighted by Crippen LogP contribution is 2.24. The molecular formula is C14H18N2O3S. The zero-order valence-corrected chi connectivity index (χ0v) is 12.2. The van der Waals surface area contributed by atoms with Crippen molar-refractivity contribution in [3.05, 3.63) is 34.9 Å². The second kappa shape index (κ2) is 6.28. The highest BCUT2D eigenvalue weighted by molar-refractivity contribution is 7.98. The van der Waals surface area contributed by atoms with Crippen LogP contribution in [0.1, 0.15) is 27.9 Å². The number of hydrogen-bond donors (Lipinski definition) is 2. The summed E-state index contributed by atoms with van der Waals surface area (Å²) < 4.78 is 0. The van der Waals surface area contributed by atoms with Crippen molar-refractivity contribution in [2.45, 2.75) is 25.6 Å². The van der Waals surface area contributed by atoms with Crippen LogP contribution in [-0.4, -0.2) is 39.9 Å². The third-order valence-corrected chi connectivity index (χ3v) is 4.08. The number of benzene rings is 1. The monoisotopic (exact) mass is 294 g/mol. The minimum atomic E-state index is -0.950. The summed E-state index contributed by atoms with van der Waals surface area (Å²) in [5, 5.41) is 8.97. The second-order valence-corrected chi connectivity index (χ2v) is 5.86. The zero-order valence-electron chi connectivity index (χ0n) is 11.3. The van der Waals surface area contributed by atoms with Crippen LogP contribution in [0.4, 0.5) is 0 Å². The molecular weight excluding hydrogens is 276 g/mol. The van der Waals surface area contributed by atoms with E-state index in [1.54, 1.807) is 34.9 Å². The predicted octanol–water partition coefficient (Wildman–Crippen LogP) is 1.31. The van der Waals surface area contributed by atoms with Gasteiger partial charge in [0, 0.05) is 13.1 Å². The third kappa shape index (κ3) is 3.13. The molecule has 0 spiro atoms. The van der Waals surface area contributed by atoms with Crippen LogP contribution in [0, 0.1) is 0 Å². The molecule has 108 valence electrons. The summed E-state index contributed by atoms with van der Waals surface area (Å²) in [6.07, 6.45) is 2.64. The Morgan fingerprint density at radius 1 is 1.40 bits per heavy atom. The van der Waals surface area contributed by atoms with E-state index in [1.807, 2.05) is 6.26 Å². The lowest BCUT2D eigenvalue weighted by Crippen LogP contribution is -2.41. The Morgan fingerprint density at radius 3 is 2.75 bits per heavy atom. The van der Waals surface area contributed by atoms with Gasteiger partial charge in [-0.25, -0.2) is 4.79 Å². The molecule has 1 atom stereocenters. The molecule has 6 heteroatoms. The van der Waals surface area contributed by atoms with Gasteiger partial charge in [0.05, 0.1) is 11.6 Å². The fraction of sp³-hybridized carbons (Fsp3) is 0.429. The Hall–Kier alpha value is -1.53. The summed E-state index contributed by atoms with van der Waals surface area (Å²) in [5.41, 5.74) is 8.05. The maximum atomic E-state index is 12.2. The zero-order chi connectivity index (χ0) is 14.7. The van der Waals surface area contributed by atoms with Gasteiger partial charge in [0.1, 0.15) is 0 Å². The lowest BCUT2D eigenvalue weighted by molar-refractivity contribution is -0.133. The van der Waals surface area contributed by atoms with Crippen LogP contribution in [0.5, 0.6) is 0 Å². The first-order valence-corrected chi connectivity index (χ1v) is 7.80. The molecule has 5 nitrogen and oxygen atoms in total. The quantitative estimate of drug-likeness (QED) is 0.855. The number of carboxylic acids is 1. The lowest BCUT2D eigenvalue weighted by Gasteiger charge is -2.20. The first kappa shape index (κ1) is 14.9. The van der Waals surface area contributed by atoms with E-state index in [-0.39, 0.29) is 11.5 Å². The minimum Gasteiger partial charge on any atom is -0.478 e. The van der Waals surface area contributed by atoms with Gasteiger partial charge in [0.25, 0.3) is 0 Å². The Balaban J connectivity index is 2.05. The van der Waals surface area contributed by atoms with E-state index in [9.17, 15) is 9.59 Å². The molecule has 20 heavy (non-hydrogen) atoms. The fourth-order valence-electron chi connectivity index (χ4n) is 2.29. The number of nitrogens with zero attached hydrogens (tertiary/aromatic N) is 1. The number of carbonyl (C=O) groups excluding carboxylic acids is 1. The number of thioether (sulfide) groups is 1. The van der Waals surface area contributed by atoms with Crippen molar-refractivity contribution in [2.75, 3.05) is 12.0 Å². The second-order valence-electron chi connectivity index (χ2n) is 4.87. The molecule has 0 aromatic heterocycles. The van der Waals surface area contributed by atoms with Gasteiger partial charge in [-0.05, 0) is 41.7 Å². The highest BCUT2D eigenvalue weighted by Gasteiger charge is 2.27. The number of rotatable bonds is 5.